The molecular formula is C21H26BrN5O2. The lowest BCUT2D eigenvalue weighted by Crippen LogP contribution is -2.31. The van der Waals surface area contributed by atoms with Gasteiger partial charge in [0.05, 0.1) is 33.4 Å². The molecule has 154 valence electrons. The maximum Gasteiger partial charge on any atom is 0.333 e. The molecule has 4 heterocycles. The smallest absolute Gasteiger partial charge is 0.333 e. The van der Waals surface area contributed by atoms with Gasteiger partial charge in [0.2, 0.25) is 0 Å². The van der Waals surface area contributed by atoms with Gasteiger partial charge in [0.25, 0.3) is 0 Å². The van der Waals surface area contributed by atoms with Gasteiger partial charge in [-0.15, -0.1) is 0 Å². The van der Waals surface area contributed by atoms with Crippen molar-refractivity contribution in [2.45, 2.75) is 26.3 Å². The standard InChI is InChI=1S/C21H26BrN5O2/c1-13(2)23-8-14-5-7-27(11-14)19-16(22)9-24-20-18(19)17(10-25-20)26-6-3-4-15(12-26)21(28)29/h3-4,6,9-10,13-14,23H,5,7-8,11-12H2,1-2H3,(H,24,25)(H,28,29)/t14-/m0/s1. The summed E-state index contributed by atoms with van der Waals surface area (Å²) < 4.78 is 0.957. The molecule has 29 heavy (non-hydrogen) atoms. The summed E-state index contributed by atoms with van der Waals surface area (Å²) in [4.78, 5) is 23.6. The molecule has 0 amide bonds. The van der Waals surface area contributed by atoms with Crippen LogP contribution in [0.3, 0.4) is 0 Å². The normalized spacial score (nSPS) is 19.4. The molecule has 0 unspecified atom stereocenters. The Kier molecular flexibility index (Phi) is 5.65. The molecule has 0 radical (unpaired) electrons. The summed E-state index contributed by atoms with van der Waals surface area (Å²) in [5.74, 6) is -0.287. The Labute approximate surface area is 178 Å². The summed E-state index contributed by atoms with van der Waals surface area (Å²) in [6, 6.07) is 0.488. The largest absolute Gasteiger partial charge is 0.478 e. The first-order valence-electron chi connectivity index (χ1n) is 9.95. The van der Waals surface area contributed by atoms with Crippen molar-refractivity contribution >= 4 is 44.3 Å². The van der Waals surface area contributed by atoms with E-state index in [1.807, 2.05) is 23.5 Å². The van der Waals surface area contributed by atoms with Crippen LogP contribution >= 0.6 is 15.9 Å². The van der Waals surface area contributed by atoms with Crippen LogP contribution in [0, 0.1) is 5.92 Å². The predicted octanol–water partition coefficient (Wildman–Crippen LogP) is 3.49. The maximum atomic E-state index is 11.4. The quantitative estimate of drug-likeness (QED) is 0.612. The fourth-order valence-electron chi connectivity index (χ4n) is 4.04. The second-order valence-electron chi connectivity index (χ2n) is 7.98. The third-order valence-electron chi connectivity index (χ3n) is 5.51. The van der Waals surface area contributed by atoms with E-state index in [1.165, 1.54) is 0 Å². The Bertz CT molecular complexity index is 981. The van der Waals surface area contributed by atoms with E-state index >= 15 is 0 Å². The average molecular weight is 460 g/mol. The van der Waals surface area contributed by atoms with E-state index in [9.17, 15) is 9.90 Å². The number of hydrogen-bond acceptors (Lipinski definition) is 5. The topological polar surface area (TPSA) is 84.5 Å². The molecule has 0 spiro atoms. The number of carboxylic acid groups (broad SMARTS) is 1. The molecule has 1 fully saturated rings. The number of anilines is 2. The van der Waals surface area contributed by atoms with Crippen LogP contribution < -0.4 is 15.1 Å². The van der Waals surface area contributed by atoms with Crippen molar-refractivity contribution in [3.05, 3.63) is 40.8 Å². The first-order chi connectivity index (χ1) is 13.9. The van der Waals surface area contributed by atoms with E-state index in [0.29, 0.717) is 24.1 Å². The van der Waals surface area contributed by atoms with Crippen molar-refractivity contribution in [1.29, 1.82) is 0 Å². The van der Waals surface area contributed by atoms with E-state index in [-0.39, 0.29) is 0 Å². The number of halogens is 1. The summed E-state index contributed by atoms with van der Waals surface area (Å²) >= 11 is 3.71. The monoisotopic (exact) mass is 459 g/mol. The summed E-state index contributed by atoms with van der Waals surface area (Å²) in [7, 11) is 0. The minimum atomic E-state index is -0.890. The van der Waals surface area contributed by atoms with E-state index < -0.39 is 5.97 Å². The van der Waals surface area contributed by atoms with Gasteiger partial charge in [-0.25, -0.2) is 9.78 Å². The van der Waals surface area contributed by atoms with Gasteiger partial charge in [-0.05, 0) is 47.0 Å². The molecular weight excluding hydrogens is 434 g/mol. The summed E-state index contributed by atoms with van der Waals surface area (Å²) in [6.45, 7) is 7.66. The van der Waals surface area contributed by atoms with E-state index in [4.69, 9.17) is 0 Å². The molecule has 1 atom stereocenters. The second kappa shape index (κ2) is 8.20. The van der Waals surface area contributed by atoms with Gasteiger partial charge in [0, 0.05) is 37.7 Å². The van der Waals surface area contributed by atoms with Crippen molar-refractivity contribution < 1.29 is 9.90 Å². The van der Waals surface area contributed by atoms with E-state index in [0.717, 1.165) is 52.9 Å². The number of carboxylic acids is 1. The first-order valence-corrected chi connectivity index (χ1v) is 10.7. The number of aromatic nitrogens is 2. The van der Waals surface area contributed by atoms with Crippen LogP contribution in [0.25, 0.3) is 11.0 Å². The lowest BCUT2D eigenvalue weighted by Gasteiger charge is -2.26. The number of carbonyl (C=O) groups is 1. The van der Waals surface area contributed by atoms with Crippen LogP contribution in [0.2, 0.25) is 0 Å². The van der Waals surface area contributed by atoms with Crippen molar-refractivity contribution in [3.63, 3.8) is 0 Å². The molecule has 2 aromatic rings. The number of H-pyrrole nitrogens is 1. The first kappa shape index (κ1) is 20.0. The lowest BCUT2D eigenvalue weighted by molar-refractivity contribution is -0.132. The van der Waals surface area contributed by atoms with Crippen LogP contribution in [0.4, 0.5) is 11.4 Å². The third kappa shape index (κ3) is 4.04. The molecule has 0 bridgehead atoms. The van der Waals surface area contributed by atoms with Crippen LogP contribution in [0.15, 0.2) is 40.8 Å². The Morgan fingerprint density at radius 2 is 2.31 bits per heavy atom. The number of nitrogens with one attached hydrogen (secondary N) is 2. The Morgan fingerprint density at radius 3 is 3.07 bits per heavy atom. The van der Waals surface area contributed by atoms with Crippen LogP contribution in [0.5, 0.6) is 0 Å². The number of hydrogen-bond donors (Lipinski definition) is 3. The molecule has 2 aliphatic rings. The van der Waals surface area contributed by atoms with Gasteiger partial charge >= 0.3 is 5.97 Å². The zero-order chi connectivity index (χ0) is 20.5. The fraction of sp³-hybridized carbons (Fsp3) is 0.429. The fourth-order valence-corrected chi connectivity index (χ4v) is 4.59. The molecule has 4 rings (SSSR count). The van der Waals surface area contributed by atoms with E-state index in [1.54, 1.807) is 12.2 Å². The highest BCUT2D eigenvalue weighted by atomic mass is 79.9. The predicted molar refractivity (Wildman–Crippen MR) is 119 cm³/mol. The Balaban J connectivity index is 1.66. The second-order valence-corrected chi connectivity index (χ2v) is 8.84. The van der Waals surface area contributed by atoms with Crippen molar-refractivity contribution in [3.8, 4) is 0 Å². The van der Waals surface area contributed by atoms with Crippen molar-refractivity contribution in [2.24, 2.45) is 5.92 Å². The molecule has 8 heteroatoms. The Morgan fingerprint density at radius 1 is 1.48 bits per heavy atom. The minimum absolute atomic E-state index is 0.325. The van der Waals surface area contributed by atoms with Crippen LogP contribution in [0.1, 0.15) is 20.3 Å². The van der Waals surface area contributed by atoms with Crippen molar-refractivity contribution in [1.82, 2.24) is 15.3 Å². The van der Waals surface area contributed by atoms with Gasteiger partial charge in [-0.2, -0.15) is 0 Å². The van der Waals surface area contributed by atoms with Crippen LogP contribution in [-0.4, -0.2) is 53.3 Å². The highest BCUT2D eigenvalue weighted by Gasteiger charge is 2.28. The summed E-state index contributed by atoms with van der Waals surface area (Å²) in [5.41, 5.74) is 3.24. The maximum absolute atomic E-state index is 11.4. The number of rotatable bonds is 6. The number of aromatic amines is 1. The molecule has 0 aromatic carbocycles. The number of allylic oxidation sites excluding steroid dienone is 2. The third-order valence-corrected chi connectivity index (χ3v) is 6.09. The zero-order valence-corrected chi connectivity index (χ0v) is 18.2. The minimum Gasteiger partial charge on any atom is -0.478 e. The van der Waals surface area contributed by atoms with Gasteiger partial charge in [0.15, 0.2) is 0 Å². The summed E-state index contributed by atoms with van der Waals surface area (Å²) in [5, 5.41) is 14.0. The Hall–Kier alpha value is -2.32. The highest BCUT2D eigenvalue weighted by molar-refractivity contribution is 9.10. The number of nitrogens with zero attached hydrogens (tertiary/aromatic N) is 3. The van der Waals surface area contributed by atoms with Gasteiger partial charge in [0.1, 0.15) is 5.65 Å². The van der Waals surface area contributed by atoms with Crippen molar-refractivity contribution in [2.75, 3.05) is 36.0 Å². The SMILES string of the molecule is CC(C)NC[C@@H]1CCN(c2c(Br)cnc3[nH]cc(N4C=CC=C(C(=O)O)C4)c23)C1. The molecule has 3 N–H and O–H groups in total. The lowest BCUT2D eigenvalue weighted by atomic mass is 10.1. The van der Waals surface area contributed by atoms with Crippen LogP contribution in [-0.2, 0) is 4.79 Å². The van der Waals surface area contributed by atoms with Gasteiger partial charge in [-0.1, -0.05) is 13.8 Å². The molecule has 0 aliphatic carbocycles. The molecule has 0 saturated carbocycles. The number of pyridine rings is 1. The van der Waals surface area contributed by atoms with Gasteiger partial charge in [-0.3, -0.25) is 0 Å². The zero-order valence-electron chi connectivity index (χ0n) is 16.7. The molecule has 2 aliphatic heterocycles. The van der Waals surface area contributed by atoms with Gasteiger partial charge < -0.3 is 25.2 Å². The average Bonchev–Trinajstić information content (AvgIpc) is 3.33. The number of aliphatic carboxylic acids is 1. The van der Waals surface area contributed by atoms with E-state index in [2.05, 4.69) is 50.0 Å². The molecule has 1 saturated heterocycles. The summed E-state index contributed by atoms with van der Waals surface area (Å²) in [6.07, 6.45) is 10.2. The molecule has 2 aromatic heterocycles. The highest BCUT2D eigenvalue weighted by Crippen LogP contribution is 2.41. The number of fused-ring (bicyclic) bond motifs is 1. The molecule has 7 nitrogen and oxygen atoms in total.